The van der Waals surface area contributed by atoms with Crippen molar-refractivity contribution in [1.29, 1.82) is 0 Å². The summed E-state index contributed by atoms with van der Waals surface area (Å²) in [5.41, 5.74) is 0. The summed E-state index contributed by atoms with van der Waals surface area (Å²) in [5, 5.41) is 36.8. The molecule has 0 fully saturated rings. The van der Waals surface area contributed by atoms with Crippen LogP contribution in [0.25, 0.3) is 0 Å². The molecule has 24 heteroatoms. The second-order valence-corrected chi connectivity index (χ2v) is 25.2. The van der Waals surface area contributed by atoms with E-state index >= 15 is 0 Å². The molecule has 0 radical (unpaired) electrons. The third-order valence-electron chi connectivity index (χ3n) is 15.0. The number of allylic oxidation sites excluding steroid dienone is 2. The van der Waals surface area contributed by atoms with Crippen LogP contribution in [0, 0.1) is 41.4 Å². The molecule has 0 rings (SSSR count). The molecule has 0 aromatic heterocycles. The van der Waals surface area contributed by atoms with Crippen molar-refractivity contribution in [3.63, 3.8) is 0 Å². The number of hydrogen-bond donors (Lipinski definition) is 8. The van der Waals surface area contributed by atoms with Gasteiger partial charge >= 0.3 is 5.97 Å². The molecule has 0 aliphatic heterocycles. The van der Waals surface area contributed by atoms with E-state index in [0.717, 1.165) is 4.90 Å². The maximum atomic E-state index is 14.5. The first-order valence-electron chi connectivity index (χ1n) is 29.7. The van der Waals surface area contributed by atoms with Gasteiger partial charge in [0.2, 0.25) is 59.1 Å². The van der Waals surface area contributed by atoms with Gasteiger partial charge in [-0.3, -0.25) is 47.9 Å². The van der Waals surface area contributed by atoms with E-state index in [2.05, 4.69) is 31.9 Å². The molecule has 482 valence electrons. The molecule has 0 aliphatic rings. The highest BCUT2D eigenvalue weighted by atomic mass is 16.4. The van der Waals surface area contributed by atoms with Gasteiger partial charge < -0.3 is 66.6 Å². The van der Waals surface area contributed by atoms with Crippen molar-refractivity contribution in [3.8, 4) is 0 Å². The van der Waals surface area contributed by atoms with Crippen molar-refractivity contribution in [2.24, 2.45) is 41.4 Å². The van der Waals surface area contributed by atoms with Crippen molar-refractivity contribution < 1.29 is 63.0 Å². The van der Waals surface area contributed by atoms with Crippen LogP contribution in [0.1, 0.15) is 150 Å². The number of carbonyl (C=O) groups is 11. The lowest BCUT2D eigenvalue weighted by molar-refractivity contribution is -0.150. The molecule has 0 saturated heterocycles. The first-order chi connectivity index (χ1) is 38.7. The molecule has 0 heterocycles. The molecule has 0 aliphatic carbocycles. The van der Waals surface area contributed by atoms with E-state index in [9.17, 15) is 63.0 Å². The van der Waals surface area contributed by atoms with E-state index in [1.807, 2.05) is 74.5 Å². The molecular formula is C60H109N11O13. The molecule has 12 atom stereocenters. The molecule has 24 nitrogen and oxygen atoms in total. The van der Waals surface area contributed by atoms with E-state index in [1.54, 1.807) is 34.6 Å². The van der Waals surface area contributed by atoms with Crippen LogP contribution in [0.5, 0.6) is 0 Å². The van der Waals surface area contributed by atoms with Gasteiger partial charge in [0.15, 0.2) is 0 Å². The first-order valence-corrected chi connectivity index (χ1v) is 29.7. The standard InChI is InChI=1S/C60H109N11O13/c1-24-25-26-38(14)50(73)49(61-18)55(78)64-40(16)56(79)67(19)31-46(72)68(20)42(27-32(2)3)53(76)65-47(36(10)11)59(82)70(22)43(28-33(4)5)52(75)62-39(15)51(74)63-41(17)57(80)71(23)45(30-35(8)9)58(81)69(21)44(29-34(6)7)54(77)66-48(37(12)13)60(83)84/h24-25,32-45,47-50,61,73H,26-31H2,1-23H3,(H,62,75)(H,63,74)(H,64,78)(H,65,76)(H,66,77)(H,83,84)/b25-24+/t38?,39-,40-,41+,42-,43-,44-,45-,47-,48-,49-,50?/m0/s1. The highest BCUT2D eigenvalue weighted by Crippen LogP contribution is 2.21. The molecule has 10 amide bonds. The monoisotopic (exact) mass is 1190 g/mol. The van der Waals surface area contributed by atoms with Crippen molar-refractivity contribution in [2.75, 3.05) is 48.8 Å². The van der Waals surface area contributed by atoms with Crippen molar-refractivity contribution in [2.45, 2.75) is 216 Å². The smallest absolute Gasteiger partial charge is 0.326 e. The fraction of sp³-hybridized carbons (Fsp3) is 0.783. The van der Waals surface area contributed by atoms with Crippen molar-refractivity contribution in [3.05, 3.63) is 12.2 Å². The van der Waals surface area contributed by atoms with Crippen LogP contribution in [0.2, 0.25) is 0 Å². The minimum Gasteiger partial charge on any atom is -0.480 e. The first kappa shape index (κ1) is 77.8. The SMILES string of the molecule is C/C=C/CC(C)C(O)[C@H](NC)C(=O)N[C@@H](C)C(=O)N(C)CC(=O)N(C)[C@@H](CC(C)C)C(=O)N[C@H](C(=O)N(C)[C@@H](CC(C)C)C(=O)N[C@@H](C)C(=O)N[C@H](C)C(=O)N(C)[C@@H](CC(C)C)C(=O)N(C)[C@@H](CC(C)C)C(=O)N[C@H](C(=O)O)C(C)C)C(C)C. The van der Waals surface area contributed by atoms with Gasteiger partial charge in [-0.1, -0.05) is 102 Å². The zero-order valence-electron chi connectivity index (χ0n) is 54.9. The molecule has 0 spiro atoms. The zero-order valence-corrected chi connectivity index (χ0v) is 54.9. The van der Waals surface area contributed by atoms with Crippen LogP contribution in [-0.2, 0) is 52.7 Å². The number of carbonyl (C=O) groups excluding carboxylic acids is 10. The molecule has 0 aromatic carbocycles. The number of nitrogens with zero attached hydrogens (tertiary/aromatic N) is 5. The molecule has 0 aromatic rings. The number of carboxylic acids is 1. The van der Waals surface area contributed by atoms with Crippen molar-refractivity contribution in [1.82, 2.24) is 56.4 Å². The Morgan fingerprint density at radius 1 is 0.429 bits per heavy atom. The Balaban J connectivity index is 6.41. The van der Waals surface area contributed by atoms with Crippen LogP contribution in [-0.4, -0.2) is 215 Å². The second-order valence-electron chi connectivity index (χ2n) is 25.2. The Hall–Kier alpha value is -6.17. The average molecular weight is 1190 g/mol. The Bertz CT molecular complexity index is 2240. The van der Waals surface area contributed by atoms with Gasteiger partial charge in [-0.05, 0) is 108 Å². The zero-order chi connectivity index (χ0) is 65.5. The van der Waals surface area contributed by atoms with Gasteiger partial charge in [0.05, 0.1) is 12.6 Å². The summed E-state index contributed by atoms with van der Waals surface area (Å²) in [6.45, 7) is 29.1. The van der Waals surface area contributed by atoms with Gasteiger partial charge in [0, 0.05) is 35.2 Å². The summed E-state index contributed by atoms with van der Waals surface area (Å²) >= 11 is 0. The summed E-state index contributed by atoms with van der Waals surface area (Å²) in [4.78, 5) is 157. The van der Waals surface area contributed by atoms with E-state index in [0.29, 0.717) is 6.42 Å². The highest BCUT2D eigenvalue weighted by Gasteiger charge is 2.41. The lowest BCUT2D eigenvalue weighted by atomic mass is 9.94. The highest BCUT2D eigenvalue weighted by molar-refractivity contribution is 5.98. The Labute approximate surface area is 501 Å². The minimum atomic E-state index is -1.24. The summed E-state index contributed by atoms with van der Waals surface area (Å²) in [6.07, 6.45) is 3.92. The number of amides is 10. The maximum absolute atomic E-state index is 14.5. The molecule has 0 bridgehead atoms. The lowest BCUT2D eigenvalue weighted by Crippen LogP contribution is -2.61. The molecule has 8 N–H and O–H groups in total. The number of aliphatic hydroxyl groups excluding tert-OH is 1. The number of carboxylic acid groups (broad SMARTS) is 1. The van der Waals surface area contributed by atoms with E-state index in [-0.39, 0.29) is 55.3 Å². The Kier molecular flexibility index (Phi) is 33.9. The van der Waals surface area contributed by atoms with Crippen LogP contribution < -0.4 is 31.9 Å². The summed E-state index contributed by atoms with van der Waals surface area (Å²) in [7, 11) is 8.62. The van der Waals surface area contributed by atoms with E-state index in [4.69, 9.17) is 0 Å². The maximum Gasteiger partial charge on any atom is 0.326 e. The van der Waals surface area contributed by atoms with Crippen LogP contribution >= 0.6 is 0 Å². The number of likely N-dealkylation sites (N-methyl/N-ethyl adjacent to an activating group) is 6. The summed E-state index contributed by atoms with van der Waals surface area (Å²) in [5.74, 6) is -9.23. The summed E-state index contributed by atoms with van der Waals surface area (Å²) < 4.78 is 0. The van der Waals surface area contributed by atoms with E-state index in [1.165, 1.54) is 82.7 Å². The summed E-state index contributed by atoms with van der Waals surface area (Å²) in [6, 6.07) is -11.3. The minimum absolute atomic E-state index is 0.0740. The predicted molar refractivity (Wildman–Crippen MR) is 323 cm³/mol. The average Bonchev–Trinajstić information content (AvgIpc) is 2.62. The largest absolute Gasteiger partial charge is 0.480 e. The molecule has 84 heavy (non-hydrogen) atoms. The lowest BCUT2D eigenvalue weighted by Gasteiger charge is -2.37. The van der Waals surface area contributed by atoms with Gasteiger partial charge in [0.25, 0.3) is 0 Å². The second kappa shape index (κ2) is 36.6. The van der Waals surface area contributed by atoms with Gasteiger partial charge in [0.1, 0.15) is 60.4 Å². The number of aliphatic carboxylic acids is 1. The number of aliphatic hydroxyl groups is 1. The fourth-order valence-corrected chi connectivity index (χ4v) is 9.59. The Morgan fingerprint density at radius 3 is 1.21 bits per heavy atom. The quantitative estimate of drug-likeness (QED) is 0.0418. The van der Waals surface area contributed by atoms with Crippen LogP contribution in [0.15, 0.2) is 12.2 Å². The van der Waals surface area contributed by atoms with Gasteiger partial charge in [-0.25, -0.2) is 4.79 Å². The number of rotatable bonds is 36. The van der Waals surface area contributed by atoms with Gasteiger partial charge in [-0.15, -0.1) is 0 Å². The van der Waals surface area contributed by atoms with Crippen molar-refractivity contribution >= 4 is 65.0 Å². The molecule has 2 unspecified atom stereocenters. The third kappa shape index (κ3) is 24.4. The van der Waals surface area contributed by atoms with Crippen LogP contribution in [0.4, 0.5) is 0 Å². The normalized spacial score (nSPS) is 16.1. The Morgan fingerprint density at radius 2 is 0.798 bits per heavy atom. The number of hydrogen-bond acceptors (Lipinski definition) is 13. The number of nitrogens with one attached hydrogen (secondary N) is 6. The van der Waals surface area contributed by atoms with Gasteiger partial charge in [-0.2, -0.15) is 0 Å². The predicted octanol–water partition coefficient (Wildman–Crippen LogP) is 2.37. The molecular weight excluding hydrogens is 1080 g/mol. The molecule has 0 saturated carbocycles. The topological polar surface area (TPSA) is 317 Å². The van der Waals surface area contributed by atoms with E-state index < -0.39 is 150 Å². The fourth-order valence-electron chi connectivity index (χ4n) is 9.59. The van der Waals surface area contributed by atoms with Crippen LogP contribution in [0.3, 0.4) is 0 Å². The third-order valence-corrected chi connectivity index (χ3v) is 15.0.